The number of benzene rings is 2. The van der Waals surface area contributed by atoms with Crippen LogP contribution in [0.15, 0.2) is 70.8 Å². The van der Waals surface area contributed by atoms with Crippen molar-refractivity contribution in [1.29, 1.82) is 0 Å². The molecule has 1 aliphatic heterocycles. The first-order valence-corrected chi connectivity index (χ1v) is 11.5. The number of anilines is 1. The van der Waals surface area contributed by atoms with Gasteiger partial charge in [0.2, 0.25) is 5.91 Å². The number of amides is 1. The molecule has 1 aliphatic rings. The predicted molar refractivity (Wildman–Crippen MR) is 125 cm³/mol. The number of rotatable bonds is 6. The fourth-order valence-corrected chi connectivity index (χ4v) is 4.73. The lowest BCUT2D eigenvalue weighted by atomic mass is 9.97. The number of hydrogen-bond acceptors (Lipinski definition) is 5. The van der Waals surface area contributed by atoms with E-state index in [-0.39, 0.29) is 11.8 Å². The zero-order valence-corrected chi connectivity index (χ0v) is 18.9. The Bertz CT molecular complexity index is 1040. The van der Waals surface area contributed by atoms with E-state index in [2.05, 4.69) is 70.4 Å². The Morgan fingerprint density at radius 1 is 1.10 bits per heavy atom. The van der Waals surface area contributed by atoms with Gasteiger partial charge < -0.3 is 10.2 Å². The van der Waals surface area contributed by atoms with Crippen LogP contribution < -0.4 is 10.2 Å². The molecule has 0 bridgehead atoms. The fourth-order valence-electron chi connectivity index (χ4n) is 3.84. The fraction of sp³-hybridized carbons (Fsp3) is 0.320. The standard InChI is InChI=1S/C25H28N4OS/c1-18-9-11-22(12-10-18)31-25-23(26-13-14-27-25)29-15-5-8-21(17-29)24(30)28-16-20-7-4-3-6-19(20)2/h3-4,6-7,9-14,21H,5,8,15-17H2,1-2H3,(H,28,30)/t21-/m0/s1. The molecule has 6 heteroatoms. The van der Waals surface area contributed by atoms with Gasteiger partial charge in [-0.25, -0.2) is 9.97 Å². The summed E-state index contributed by atoms with van der Waals surface area (Å²) >= 11 is 1.62. The monoisotopic (exact) mass is 432 g/mol. The van der Waals surface area contributed by atoms with Gasteiger partial charge >= 0.3 is 0 Å². The van der Waals surface area contributed by atoms with Crippen molar-refractivity contribution >= 4 is 23.5 Å². The van der Waals surface area contributed by atoms with Crippen LogP contribution >= 0.6 is 11.8 Å². The Morgan fingerprint density at radius 3 is 2.68 bits per heavy atom. The van der Waals surface area contributed by atoms with Crippen LogP contribution in [0.5, 0.6) is 0 Å². The van der Waals surface area contributed by atoms with Crippen LogP contribution in [0.1, 0.15) is 29.5 Å². The molecule has 2 heterocycles. The lowest BCUT2D eigenvalue weighted by Crippen LogP contribution is -2.43. The number of carbonyl (C=O) groups is 1. The van der Waals surface area contributed by atoms with Crippen molar-refractivity contribution in [2.24, 2.45) is 5.92 Å². The molecule has 0 aliphatic carbocycles. The maximum absolute atomic E-state index is 12.9. The van der Waals surface area contributed by atoms with Crippen LogP contribution in [0.2, 0.25) is 0 Å². The van der Waals surface area contributed by atoms with E-state index >= 15 is 0 Å². The van der Waals surface area contributed by atoms with Crippen molar-refractivity contribution in [1.82, 2.24) is 15.3 Å². The topological polar surface area (TPSA) is 58.1 Å². The van der Waals surface area contributed by atoms with Crippen molar-refractivity contribution in [2.45, 2.75) is 43.2 Å². The highest BCUT2D eigenvalue weighted by Crippen LogP contribution is 2.34. The lowest BCUT2D eigenvalue weighted by Gasteiger charge is -2.33. The Kier molecular flexibility index (Phi) is 6.87. The summed E-state index contributed by atoms with van der Waals surface area (Å²) in [5, 5.41) is 4.02. The van der Waals surface area contributed by atoms with Gasteiger partial charge in [-0.3, -0.25) is 4.79 Å². The number of aryl methyl sites for hydroxylation is 2. The van der Waals surface area contributed by atoms with Gasteiger partial charge in [0.1, 0.15) is 5.03 Å². The molecule has 5 nitrogen and oxygen atoms in total. The molecule has 0 spiro atoms. The molecule has 1 fully saturated rings. The Labute approximate surface area is 188 Å². The number of hydrogen-bond donors (Lipinski definition) is 1. The minimum absolute atomic E-state index is 0.0444. The Morgan fingerprint density at radius 2 is 1.87 bits per heavy atom. The van der Waals surface area contributed by atoms with Gasteiger partial charge in [-0.05, 0) is 49.9 Å². The number of nitrogens with one attached hydrogen (secondary N) is 1. The van der Waals surface area contributed by atoms with E-state index in [0.29, 0.717) is 13.1 Å². The van der Waals surface area contributed by atoms with E-state index < -0.39 is 0 Å². The molecule has 1 amide bonds. The van der Waals surface area contributed by atoms with E-state index in [9.17, 15) is 4.79 Å². The molecular weight excluding hydrogens is 404 g/mol. The number of piperidine rings is 1. The molecule has 1 saturated heterocycles. The highest BCUT2D eigenvalue weighted by Gasteiger charge is 2.28. The van der Waals surface area contributed by atoms with Gasteiger partial charge in [0.15, 0.2) is 5.82 Å². The quantitative estimate of drug-likeness (QED) is 0.608. The number of carbonyl (C=O) groups excluding carboxylic acids is 1. The Balaban J connectivity index is 1.43. The zero-order valence-electron chi connectivity index (χ0n) is 18.0. The van der Waals surface area contributed by atoms with Crippen LogP contribution in [-0.4, -0.2) is 29.0 Å². The summed E-state index contributed by atoms with van der Waals surface area (Å²) in [4.78, 5) is 25.4. The first-order valence-electron chi connectivity index (χ1n) is 10.7. The summed E-state index contributed by atoms with van der Waals surface area (Å²) in [6.07, 6.45) is 5.33. The maximum Gasteiger partial charge on any atom is 0.225 e. The average molecular weight is 433 g/mol. The molecule has 3 aromatic rings. The summed E-state index contributed by atoms with van der Waals surface area (Å²) < 4.78 is 0. The molecular formula is C25H28N4OS. The highest BCUT2D eigenvalue weighted by molar-refractivity contribution is 7.99. The second-order valence-electron chi connectivity index (χ2n) is 8.03. The molecule has 160 valence electrons. The molecule has 31 heavy (non-hydrogen) atoms. The van der Waals surface area contributed by atoms with Gasteiger partial charge in [-0.15, -0.1) is 0 Å². The summed E-state index contributed by atoms with van der Waals surface area (Å²) in [5.74, 6) is 0.936. The smallest absolute Gasteiger partial charge is 0.225 e. The molecule has 0 radical (unpaired) electrons. The minimum atomic E-state index is -0.0444. The highest BCUT2D eigenvalue weighted by atomic mass is 32.2. The van der Waals surface area contributed by atoms with Crippen LogP contribution in [0.25, 0.3) is 0 Å². The van der Waals surface area contributed by atoms with Crippen molar-refractivity contribution in [3.63, 3.8) is 0 Å². The summed E-state index contributed by atoms with van der Waals surface area (Å²) in [6.45, 7) is 6.29. The van der Waals surface area contributed by atoms with Crippen molar-refractivity contribution in [3.8, 4) is 0 Å². The zero-order chi connectivity index (χ0) is 21.6. The van der Waals surface area contributed by atoms with Crippen LogP contribution in [-0.2, 0) is 11.3 Å². The van der Waals surface area contributed by atoms with Gasteiger partial charge in [0.05, 0.1) is 5.92 Å². The molecule has 4 rings (SSSR count). The number of nitrogens with zero attached hydrogens (tertiary/aromatic N) is 3. The van der Waals surface area contributed by atoms with E-state index in [0.717, 1.165) is 40.7 Å². The third-order valence-corrected chi connectivity index (χ3v) is 6.68. The van der Waals surface area contributed by atoms with Crippen LogP contribution in [0, 0.1) is 19.8 Å². The van der Waals surface area contributed by atoms with Gasteiger partial charge in [-0.2, -0.15) is 0 Å². The molecule has 1 aromatic heterocycles. The van der Waals surface area contributed by atoms with Crippen molar-refractivity contribution < 1.29 is 4.79 Å². The first-order chi connectivity index (χ1) is 15.1. The van der Waals surface area contributed by atoms with Crippen LogP contribution in [0.4, 0.5) is 5.82 Å². The normalized spacial score (nSPS) is 16.2. The second kappa shape index (κ2) is 9.96. The van der Waals surface area contributed by atoms with Crippen molar-refractivity contribution in [2.75, 3.05) is 18.0 Å². The summed E-state index contributed by atoms with van der Waals surface area (Å²) in [6, 6.07) is 16.6. The molecule has 0 saturated carbocycles. The number of aromatic nitrogens is 2. The average Bonchev–Trinajstić information content (AvgIpc) is 2.80. The van der Waals surface area contributed by atoms with Gasteiger partial charge in [0.25, 0.3) is 0 Å². The SMILES string of the molecule is Cc1ccc(Sc2nccnc2N2CCC[C@H](C(=O)NCc3ccccc3C)C2)cc1. The van der Waals surface area contributed by atoms with E-state index in [1.54, 1.807) is 24.2 Å². The third-order valence-electron chi connectivity index (χ3n) is 5.69. The molecule has 1 atom stereocenters. The Hall–Kier alpha value is -2.86. The molecule has 1 N–H and O–H groups in total. The van der Waals surface area contributed by atoms with E-state index in [4.69, 9.17) is 0 Å². The summed E-state index contributed by atoms with van der Waals surface area (Å²) in [7, 11) is 0. The van der Waals surface area contributed by atoms with E-state index in [1.165, 1.54) is 11.1 Å². The first kappa shape index (κ1) is 21.4. The minimum Gasteiger partial charge on any atom is -0.354 e. The molecule has 0 unspecified atom stereocenters. The largest absolute Gasteiger partial charge is 0.354 e. The van der Waals surface area contributed by atoms with E-state index in [1.807, 2.05) is 12.1 Å². The molecule has 2 aromatic carbocycles. The maximum atomic E-state index is 12.9. The third kappa shape index (κ3) is 5.44. The second-order valence-corrected chi connectivity index (χ2v) is 9.09. The van der Waals surface area contributed by atoms with Gasteiger partial charge in [-0.1, -0.05) is 53.7 Å². The summed E-state index contributed by atoms with van der Waals surface area (Å²) in [5.41, 5.74) is 3.60. The van der Waals surface area contributed by atoms with Crippen molar-refractivity contribution in [3.05, 3.63) is 77.6 Å². The predicted octanol–water partition coefficient (Wildman–Crippen LogP) is 4.78. The lowest BCUT2D eigenvalue weighted by molar-refractivity contribution is -0.125. The van der Waals surface area contributed by atoms with Crippen LogP contribution in [0.3, 0.4) is 0 Å². The van der Waals surface area contributed by atoms with Gasteiger partial charge in [0, 0.05) is 36.9 Å².